The Balaban J connectivity index is 2.03. The number of aliphatic hydroxyl groups excluding tert-OH is 1. The summed E-state index contributed by atoms with van der Waals surface area (Å²) in [5.74, 6) is 0.476. The summed E-state index contributed by atoms with van der Waals surface area (Å²) >= 11 is 1.09. The summed E-state index contributed by atoms with van der Waals surface area (Å²) < 4.78 is 13.0. The van der Waals surface area contributed by atoms with Crippen LogP contribution >= 0.6 is 11.7 Å². The van der Waals surface area contributed by atoms with Gasteiger partial charge in [0.1, 0.15) is 18.9 Å². The second-order valence-corrected chi connectivity index (χ2v) is 5.78. The summed E-state index contributed by atoms with van der Waals surface area (Å²) in [5, 5.41) is 12.9. The highest BCUT2D eigenvalue weighted by Crippen LogP contribution is 2.16. The van der Waals surface area contributed by atoms with Crippen LogP contribution in [0.15, 0.2) is 6.20 Å². The molecule has 0 bridgehead atoms. The summed E-state index contributed by atoms with van der Waals surface area (Å²) in [6.45, 7) is 8.27. The maximum atomic E-state index is 9.65. The van der Waals surface area contributed by atoms with Crippen molar-refractivity contribution in [1.82, 2.24) is 14.1 Å². The molecule has 0 aliphatic carbocycles. The van der Waals surface area contributed by atoms with Crippen molar-refractivity contribution in [3.63, 3.8) is 0 Å². The Bertz CT molecular complexity index is 298. The van der Waals surface area contributed by atoms with Gasteiger partial charge in [0.25, 0.3) is 0 Å². The molecule has 0 aliphatic heterocycles. The molecular formula is C11H21N3O2S. The molecule has 1 atom stereocenters. The summed E-state index contributed by atoms with van der Waals surface area (Å²) in [7, 11) is 0. The molecule has 0 spiro atoms. The second kappa shape index (κ2) is 6.88. The molecule has 0 aliphatic rings. The van der Waals surface area contributed by atoms with E-state index in [2.05, 4.69) is 34.8 Å². The predicted molar refractivity (Wildman–Crippen MR) is 68.4 cm³/mol. The van der Waals surface area contributed by atoms with Crippen molar-refractivity contribution >= 4 is 11.7 Å². The van der Waals surface area contributed by atoms with Gasteiger partial charge in [-0.1, -0.05) is 20.8 Å². The van der Waals surface area contributed by atoms with Crippen LogP contribution in [-0.2, 0) is 0 Å². The van der Waals surface area contributed by atoms with Crippen LogP contribution in [0.25, 0.3) is 0 Å². The quantitative estimate of drug-likeness (QED) is 0.723. The first-order valence-electron chi connectivity index (χ1n) is 5.76. The Hall–Kier alpha value is -0.720. The molecule has 1 aromatic heterocycles. The number of nitrogens with one attached hydrogen (secondary N) is 1. The maximum absolute atomic E-state index is 9.65. The molecule has 17 heavy (non-hydrogen) atoms. The Morgan fingerprint density at radius 1 is 1.53 bits per heavy atom. The first-order chi connectivity index (χ1) is 7.97. The van der Waals surface area contributed by atoms with E-state index in [0.717, 1.165) is 24.7 Å². The van der Waals surface area contributed by atoms with Gasteiger partial charge in [-0.25, -0.2) is 0 Å². The lowest BCUT2D eigenvalue weighted by molar-refractivity contribution is 0.104. The molecule has 0 fully saturated rings. The van der Waals surface area contributed by atoms with Gasteiger partial charge in [0.05, 0.1) is 11.7 Å². The van der Waals surface area contributed by atoms with E-state index in [9.17, 15) is 5.11 Å². The third kappa shape index (κ3) is 7.25. The minimum absolute atomic E-state index is 0.244. The molecule has 0 saturated heterocycles. The standard InChI is InChI=1S/C11H21N3O2S/c1-11(2,3)4-5-12-6-9(15)8-16-10-7-13-17-14-10/h7,9,12,15H,4-6,8H2,1-3H3. The van der Waals surface area contributed by atoms with E-state index in [4.69, 9.17) is 4.74 Å². The fourth-order valence-corrected chi connectivity index (χ4v) is 1.56. The van der Waals surface area contributed by atoms with E-state index in [1.807, 2.05) is 0 Å². The van der Waals surface area contributed by atoms with Crippen molar-refractivity contribution in [3.05, 3.63) is 6.20 Å². The summed E-state index contributed by atoms with van der Waals surface area (Å²) in [4.78, 5) is 0. The molecule has 5 nitrogen and oxygen atoms in total. The van der Waals surface area contributed by atoms with Gasteiger partial charge in [-0.05, 0) is 18.4 Å². The topological polar surface area (TPSA) is 67.3 Å². The van der Waals surface area contributed by atoms with Crippen LogP contribution < -0.4 is 10.1 Å². The molecule has 0 aromatic carbocycles. The Morgan fingerprint density at radius 2 is 2.29 bits per heavy atom. The number of aromatic nitrogens is 2. The van der Waals surface area contributed by atoms with Crippen LogP contribution in [-0.4, -0.2) is 39.7 Å². The van der Waals surface area contributed by atoms with Crippen LogP contribution in [0.1, 0.15) is 27.2 Å². The van der Waals surface area contributed by atoms with Crippen LogP contribution in [0.2, 0.25) is 0 Å². The molecule has 1 heterocycles. The molecule has 98 valence electrons. The van der Waals surface area contributed by atoms with Crippen molar-refractivity contribution in [2.24, 2.45) is 5.41 Å². The van der Waals surface area contributed by atoms with Gasteiger partial charge in [-0.2, -0.15) is 4.37 Å². The van der Waals surface area contributed by atoms with E-state index in [1.165, 1.54) is 0 Å². The Kier molecular flexibility index (Phi) is 5.80. The molecule has 0 amide bonds. The first kappa shape index (κ1) is 14.3. The van der Waals surface area contributed by atoms with E-state index < -0.39 is 6.10 Å². The van der Waals surface area contributed by atoms with E-state index in [-0.39, 0.29) is 6.61 Å². The zero-order chi connectivity index (χ0) is 12.7. The van der Waals surface area contributed by atoms with Gasteiger partial charge in [-0.15, -0.1) is 4.37 Å². The summed E-state index contributed by atoms with van der Waals surface area (Å²) in [6, 6.07) is 0. The van der Waals surface area contributed by atoms with Gasteiger partial charge in [0.15, 0.2) is 0 Å². The SMILES string of the molecule is CC(C)(C)CCNCC(O)COc1cnsn1. The number of hydrogen-bond acceptors (Lipinski definition) is 6. The van der Waals surface area contributed by atoms with Crippen molar-refractivity contribution in [3.8, 4) is 5.88 Å². The van der Waals surface area contributed by atoms with Crippen LogP contribution in [0.4, 0.5) is 0 Å². The number of aliphatic hydroxyl groups is 1. The zero-order valence-corrected chi connectivity index (χ0v) is 11.5. The smallest absolute Gasteiger partial charge is 0.245 e. The highest BCUT2D eigenvalue weighted by molar-refractivity contribution is 6.99. The molecule has 6 heteroatoms. The van der Waals surface area contributed by atoms with E-state index in [1.54, 1.807) is 6.20 Å². The first-order valence-corrected chi connectivity index (χ1v) is 6.49. The number of nitrogens with zero attached hydrogens (tertiary/aromatic N) is 2. The molecule has 1 rings (SSSR count). The number of ether oxygens (including phenoxy) is 1. The molecule has 2 N–H and O–H groups in total. The number of rotatable bonds is 7. The van der Waals surface area contributed by atoms with E-state index in [0.29, 0.717) is 17.8 Å². The summed E-state index contributed by atoms with van der Waals surface area (Å²) in [6.07, 6.45) is 2.11. The Labute approximate surface area is 107 Å². The Morgan fingerprint density at radius 3 is 2.88 bits per heavy atom. The van der Waals surface area contributed by atoms with Crippen LogP contribution in [0, 0.1) is 5.41 Å². The minimum atomic E-state index is -0.517. The third-order valence-electron chi connectivity index (χ3n) is 2.20. The molecule has 0 radical (unpaired) electrons. The fraction of sp³-hybridized carbons (Fsp3) is 0.818. The van der Waals surface area contributed by atoms with Crippen LogP contribution in [0.5, 0.6) is 5.88 Å². The molecule has 1 unspecified atom stereocenters. The monoisotopic (exact) mass is 259 g/mol. The van der Waals surface area contributed by atoms with Gasteiger partial charge < -0.3 is 15.2 Å². The fourth-order valence-electron chi connectivity index (χ4n) is 1.19. The lowest BCUT2D eigenvalue weighted by atomic mass is 9.92. The number of hydrogen-bond donors (Lipinski definition) is 2. The second-order valence-electron chi connectivity index (χ2n) is 5.23. The third-order valence-corrected chi connectivity index (χ3v) is 2.66. The maximum Gasteiger partial charge on any atom is 0.245 e. The van der Waals surface area contributed by atoms with Gasteiger partial charge in [0.2, 0.25) is 5.88 Å². The minimum Gasteiger partial charge on any atom is -0.473 e. The normalized spacial score (nSPS) is 13.6. The van der Waals surface area contributed by atoms with Gasteiger partial charge in [-0.3, -0.25) is 0 Å². The van der Waals surface area contributed by atoms with Gasteiger partial charge >= 0.3 is 0 Å². The zero-order valence-electron chi connectivity index (χ0n) is 10.6. The van der Waals surface area contributed by atoms with Crippen LogP contribution in [0.3, 0.4) is 0 Å². The lowest BCUT2D eigenvalue weighted by Gasteiger charge is -2.19. The van der Waals surface area contributed by atoms with Crippen molar-refractivity contribution in [1.29, 1.82) is 0 Å². The highest BCUT2D eigenvalue weighted by atomic mass is 32.1. The van der Waals surface area contributed by atoms with Gasteiger partial charge in [0, 0.05) is 6.54 Å². The van der Waals surface area contributed by atoms with E-state index >= 15 is 0 Å². The molecule has 0 saturated carbocycles. The van der Waals surface area contributed by atoms with Crippen molar-refractivity contribution < 1.29 is 9.84 Å². The lowest BCUT2D eigenvalue weighted by Crippen LogP contribution is -2.33. The molecular weight excluding hydrogens is 238 g/mol. The summed E-state index contributed by atoms with van der Waals surface area (Å²) in [5.41, 5.74) is 0.320. The average Bonchev–Trinajstić information content (AvgIpc) is 2.73. The average molecular weight is 259 g/mol. The van der Waals surface area contributed by atoms with Crippen molar-refractivity contribution in [2.45, 2.75) is 33.3 Å². The highest BCUT2D eigenvalue weighted by Gasteiger charge is 2.10. The predicted octanol–water partition coefficient (Wildman–Crippen LogP) is 1.30. The molecule has 1 aromatic rings. The van der Waals surface area contributed by atoms with Crippen molar-refractivity contribution in [2.75, 3.05) is 19.7 Å². The largest absolute Gasteiger partial charge is 0.473 e.